The fourth-order valence-corrected chi connectivity index (χ4v) is 0.382. The van der Waals surface area contributed by atoms with Gasteiger partial charge in [0.25, 0.3) is 0 Å². The van der Waals surface area contributed by atoms with Crippen LogP contribution in [0.1, 0.15) is 13.3 Å². The Balaban J connectivity index is 0. The molecule has 0 heterocycles. The molecular weight excluding hydrogens is 260 g/mol. The van der Waals surface area contributed by atoms with Crippen molar-refractivity contribution in [1.82, 2.24) is 4.90 Å². The third kappa shape index (κ3) is 10.8. The third-order valence-corrected chi connectivity index (χ3v) is 0.605. The van der Waals surface area contributed by atoms with E-state index in [1.54, 1.807) is 0 Å². The second-order valence-electron chi connectivity index (χ2n) is 1.58. The zero-order chi connectivity index (χ0) is 4.99. The summed E-state index contributed by atoms with van der Waals surface area (Å²) in [5, 5.41) is 0. The molecule has 1 nitrogen and oxygen atoms in total. The van der Waals surface area contributed by atoms with Gasteiger partial charge in [0.1, 0.15) is 0 Å². The van der Waals surface area contributed by atoms with Crippen molar-refractivity contribution in [1.29, 1.82) is 0 Å². The molecule has 45 valence electrons. The molecule has 0 aliphatic heterocycles. The van der Waals surface area contributed by atoms with Gasteiger partial charge in [-0.1, -0.05) is 6.92 Å². The average molecular weight is 272 g/mol. The minimum Gasteiger partial charge on any atom is -0.462 e. The van der Waals surface area contributed by atoms with E-state index in [0.717, 1.165) is 6.54 Å². The number of hydrogen-bond acceptors (Lipinski definition) is 1. The molecule has 0 spiro atoms. The van der Waals surface area contributed by atoms with Crippen LogP contribution in [-0.2, 0) is 20.4 Å². The Kier molecular flexibility index (Phi) is 10.0. The van der Waals surface area contributed by atoms with Gasteiger partial charge in [0.15, 0.2) is 0 Å². The molecule has 0 N–H and O–H groups in total. The van der Waals surface area contributed by atoms with Crippen LogP contribution in [0.5, 0.6) is 0 Å². The van der Waals surface area contributed by atoms with Crippen LogP contribution in [-0.4, -0.2) is 18.5 Å². The maximum Gasteiger partial charge on any atom is 0 e. The molecule has 0 aromatic carbocycles. The molecule has 0 aromatic heterocycles. The molecule has 0 unspecified atom stereocenters. The van der Waals surface area contributed by atoms with Gasteiger partial charge >= 0.3 is 0 Å². The normalized spacial score (nSPS) is 8.57. The summed E-state index contributed by atoms with van der Waals surface area (Å²) in [6.07, 6.45) is 1.19. The Morgan fingerprint density at radius 2 is 2.00 bits per heavy atom. The molecular formula is C5H12NRe-. The van der Waals surface area contributed by atoms with Gasteiger partial charge in [-0.2, -0.15) is 0 Å². The van der Waals surface area contributed by atoms with Crippen LogP contribution in [0, 0.1) is 7.05 Å². The number of rotatable bonds is 2. The predicted octanol–water partition coefficient (Wildman–Crippen LogP) is 1.12. The molecule has 0 aliphatic carbocycles. The van der Waals surface area contributed by atoms with E-state index in [1.165, 1.54) is 6.42 Å². The van der Waals surface area contributed by atoms with E-state index >= 15 is 0 Å². The van der Waals surface area contributed by atoms with Crippen LogP contribution in [0.4, 0.5) is 0 Å². The smallest absolute Gasteiger partial charge is 0 e. The minimum absolute atomic E-state index is 0. The van der Waals surface area contributed by atoms with Crippen molar-refractivity contribution in [2.24, 2.45) is 0 Å². The number of nitrogens with zero attached hydrogens (tertiary/aromatic N) is 1. The van der Waals surface area contributed by atoms with E-state index < -0.39 is 0 Å². The van der Waals surface area contributed by atoms with Gasteiger partial charge in [-0.25, -0.2) is 0 Å². The fourth-order valence-electron chi connectivity index (χ4n) is 0.382. The van der Waals surface area contributed by atoms with E-state index in [-0.39, 0.29) is 20.4 Å². The summed E-state index contributed by atoms with van der Waals surface area (Å²) in [5.41, 5.74) is 0. The van der Waals surface area contributed by atoms with Gasteiger partial charge in [0, 0.05) is 20.4 Å². The van der Waals surface area contributed by atoms with Gasteiger partial charge < -0.3 is 4.90 Å². The summed E-state index contributed by atoms with van der Waals surface area (Å²) in [6.45, 7) is 3.24. The monoisotopic (exact) mass is 273 g/mol. The van der Waals surface area contributed by atoms with Crippen molar-refractivity contribution in [2.45, 2.75) is 13.3 Å². The second kappa shape index (κ2) is 6.62. The molecule has 0 amide bonds. The molecule has 0 rings (SSSR count). The quantitative estimate of drug-likeness (QED) is 0.681. The van der Waals surface area contributed by atoms with Crippen LogP contribution in [0.3, 0.4) is 0 Å². The van der Waals surface area contributed by atoms with Gasteiger partial charge in [0.2, 0.25) is 0 Å². The summed E-state index contributed by atoms with van der Waals surface area (Å²) in [4.78, 5) is 1.93. The largest absolute Gasteiger partial charge is 0.462 e. The Labute approximate surface area is 59.7 Å². The van der Waals surface area contributed by atoms with Crippen molar-refractivity contribution in [3.8, 4) is 0 Å². The van der Waals surface area contributed by atoms with Crippen molar-refractivity contribution < 1.29 is 20.4 Å². The summed E-state index contributed by atoms with van der Waals surface area (Å²) >= 11 is 0. The third-order valence-electron chi connectivity index (χ3n) is 0.605. The summed E-state index contributed by atoms with van der Waals surface area (Å²) in [7, 11) is 5.64. The topological polar surface area (TPSA) is 3.24 Å². The summed E-state index contributed by atoms with van der Waals surface area (Å²) < 4.78 is 0. The zero-order valence-electron chi connectivity index (χ0n) is 4.95. The van der Waals surface area contributed by atoms with Crippen LogP contribution >= 0.6 is 0 Å². The molecule has 0 aromatic rings. The molecule has 0 saturated carbocycles. The molecule has 0 saturated heterocycles. The van der Waals surface area contributed by atoms with E-state index in [4.69, 9.17) is 0 Å². The summed E-state index contributed by atoms with van der Waals surface area (Å²) in [5.74, 6) is 0. The Morgan fingerprint density at radius 3 is 2.00 bits per heavy atom. The first-order chi connectivity index (χ1) is 2.77. The van der Waals surface area contributed by atoms with Gasteiger partial charge in [-0.3, -0.25) is 7.05 Å². The first-order valence-corrected chi connectivity index (χ1v) is 2.29. The Hall–Kier alpha value is 0.622. The van der Waals surface area contributed by atoms with Crippen molar-refractivity contribution in [2.75, 3.05) is 13.6 Å². The minimum atomic E-state index is 0. The van der Waals surface area contributed by atoms with E-state index in [2.05, 4.69) is 14.0 Å². The Morgan fingerprint density at radius 1 is 1.57 bits per heavy atom. The maximum atomic E-state index is 3.66. The average Bonchev–Trinajstić information content (AvgIpc) is 1.35. The van der Waals surface area contributed by atoms with Gasteiger partial charge in [-0.05, 0) is 20.0 Å². The second-order valence-corrected chi connectivity index (χ2v) is 1.58. The molecule has 0 bridgehead atoms. The van der Waals surface area contributed by atoms with Crippen molar-refractivity contribution >= 4 is 0 Å². The molecule has 0 fully saturated rings. The van der Waals surface area contributed by atoms with Crippen LogP contribution in [0.15, 0.2) is 0 Å². The maximum absolute atomic E-state index is 3.66. The number of hydrogen-bond donors (Lipinski definition) is 0. The van der Waals surface area contributed by atoms with Gasteiger partial charge in [-0.15, -0.1) is 0 Å². The SMILES string of the molecule is [CH2-]N(C)CCC.[Re]. The molecule has 2 heteroatoms. The molecule has 0 aliphatic rings. The first-order valence-electron chi connectivity index (χ1n) is 2.29. The van der Waals surface area contributed by atoms with Crippen molar-refractivity contribution in [3.05, 3.63) is 7.05 Å². The van der Waals surface area contributed by atoms with Crippen LogP contribution in [0.2, 0.25) is 0 Å². The standard InChI is InChI=1S/C5H12N.Re/c1-4-5-6(2)3;/h2,4-5H2,1,3H3;/q-1;. The van der Waals surface area contributed by atoms with Gasteiger partial charge in [0.05, 0.1) is 0 Å². The predicted molar refractivity (Wildman–Crippen MR) is 28.3 cm³/mol. The molecule has 0 atom stereocenters. The van der Waals surface area contributed by atoms with Crippen LogP contribution < -0.4 is 0 Å². The Bertz CT molecular complexity index is 29.3. The first kappa shape index (κ1) is 10.6. The van der Waals surface area contributed by atoms with E-state index in [0.29, 0.717) is 0 Å². The van der Waals surface area contributed by atoms with E-state index in [9.17, 15) is 0 Å². The molecule has 1 radical (unpaired) electrons. The fraction of sp³-hybridized carbons (Fsp3) is 0.800. The summed E-state index contributed by atoms with van der Waals surface area (Å²) in [6, 6.07) is 0. The molecule has 7 heavy (non-hydrogen) atoms. The van der Waals surface area contributed by atoms with Crippen molar-refractivity contribution in [3.63, 3.8) is 0 Å². The van der Waals surface area contributed by atoms with E-state index in [1.807, 2.05) is 11.9 Å². The van der Waals surface area contributed by atoms with Crippen LogP contribution in [0.25, 0.3) is 0 Å². The zero-order valence-corrected chi connectivity index (χ0v) is 7.66.